The molecule has 0 radical (unpaired) electrons. The van der Waals surface area contributed by atoms with Crippen molar-refractivity contribution in [3.8, 4) is 11.8 Å². The number of aromatic nitrogens is 6. The minimum atomic E-state index is -0.469. The molecule has 0 atom stereocenters. The Balaban J connectivity index is 0.000000219. The zero-order valence-corrected chi connectivity index (χ0v) is 17.7. The summed E-state index contributed by atoms with van der Waals surface area (Å²) in [4.78, 5) is 7.84. The monoisotopic (exact) mass is 544 g/mol. The van der Waals surface area contributed by atoms with E-state index in [1.54, 1.807) is 11.7 Å². The first-order valence-corrected chi connectivity index (χ1v) is 8.93. The van der Waals surface area contributed by atoms with Gasteiger partial charge in [-0.3, -0.25) is 0 Å². The molecule has 2 aromatic heterocycles. The van der Waals surface area contributed by atoms with Crippen molar-refractivity contribution in [3.05, 3.63) is 43.2 Å². The van der Waals surface area contributed by atoms with E-state index < -0.39 is 5.82 Å². The molecule has 0 bridgehead atoms. The molecule has 128 valence electrons. The summed E-state index contributed by atoms with van der Waals surface area (Å²) >= 11 is 15.1. The third-order valence-corrected chi connectivity index (χ3v) is 4.01. The van der Waals surface area contributed by atoms with Crippen LogP contribution in [0.15, 0.2) is 32.4 Å². The maximum absolute atomic E-state index is 13.0. The van der Waals surface area contributed by atoms with E-state index in [0.29, 0.717) is 9.47 Å². The van der Waals surface area contributed by atoms with Crippen LogP contribution in [0.25, 0.3) is 0 Å². The summed E-state index contributed by atoms with van der Waals surface area (Å²) in [7, 11) is 3.47. The molecule has 2 heterocycles. The average Bonchev–Trinajstić information content (AvgIpc) is 2.90. The fraction of sp³-hybridized carbons (Fsp3) is 0.167. The first kappa shape index (κ1) is 19.3. The maximum atomic E-state index is 13.0. The van der Waals surface area contributed by atoms with Gasteiger partial charge in [0.1, 0.15) is 11.6 Å². The molecule has 12 heteroatoms. The van der Waals surface area contributed by atoms with Crippen LogP contribution in [-0.2, 0) is 14.1 Å². The lowest BCUT2D eigenvalue weighted by molar-refractivity contribution is 0.412. The molecule has 3 rings (SSSR count). The van der Waals surface area contributed by atoms with Crippen LogP contribution in [0.3, 0.4) is 0 Å². The van der Waals surface area contributed by atoms with Crippen molar-refractivity contribution in [1.29, 1.82) is 0 Å². The molecule has 0 unspecified atom stereocenters. The molecule has 0 saturated heterocycles. The molecule has 1 aromatic carbocycles. The molecular weight excluding hydrogens is 538 g/mol. The van der Waals surface area contributed by atoms with E-state index in [1.165, 1.54) is 22.9 Å². The van der Waals surface area contributed by atoms with Crippen LogP contribution in [0.2, 0.25) is 5.02 Å². The van der Waals surface area contributed by atoms with E-state index in [2.05, 4.69) is 68.0 Å². The fourth-order valence-electron chi connectivity index (χ4n) is 1.46. The van der Waals surface area contributed by atoms with E-state index in [4.69, 9.17) is 16.3 Å². The minimum absolute atomic E-state index is 0.244. The number of halogens is 5. The van der Waals surface area contributed by atoms with Gasteiger partial charge in [0.2, 0.25) is 9.47 Å². The topological polar surface area (TPSA) is 70.7 Å². The lowest BCUT2D eigenvalue weighted by Crippen LogP contribution is -1.96. The maximum Gasteiger partial charge on any atom is 0.321 e. The second-order valence-electron chi connectivity index (χ2n) is 4.27. The number of ether oxygens (including phenoxy) is 1. The zero-order valence-electron chi connectivity index (χ0n) is 12.2. The summed E-state index contributed by atoms with van der Waals surface area (Å²) in [5.41, 5.74) is 0. The van der Waals surface area contributed by atoms with Crippen molar-refractivity contribution in [1.82, 2.24) is 29.5 Å². The summed E-state index contributed by atoms with van der Waals surface area (Å²) in [6.45, 7) is 0. The molecule has 0 amide bonds. The van der Waals surface area contributed by atoms with Gasteiger partial charge in [-0.1, -0.05) is 11.6 Å². The number of rotatable bonds is 2. The van der Waals surface area contributed by atoms with Crippen molar-refractivity contribution in [2.24, 2.45) is 14.1 Å². The predicted octanol–water partition coefficient (Wildman–Crippen LogP) is 4.50. The van der Waals surface area contributed by atoms with Gasteiger partial charge in [-0.2, -0.15) is 9.97 Å². The normalized spacial score (nSPS) is 10.3. The van der Waals surface area contributed by atoms with Crippen LogP contribution in [0.5, 0.6) is 11.8 Å². The number of aryl methyl sites for hydroxylation is 2. The van der Waals surface area contributed by atoms with Gasteiger partial charge < -0.3 is 4.74 Å². The standard InChI is InChI=1S/C9H6BrClFN3O.C3H3Br2N3/c1-15-9(13-8(10)14-15)16-7-3-5(11)2-6(12)4-7;1-8-3(5)6-2(4)7-8/h2-4H,1H3;1H3. The quantitative estimate of drug-likeness (QED) is 0.473. The Morgan fingerprint density at radius 2 is 1.62 bits per heavy atom. The molecule has 0 aliphatic rings. The Hall–Kier alpha value is -1.04. The van der Waals surface area contributed by atoms with E-state index >= 15 is 0 Å². The Bertz CT molecular complexity index is 816. The summed E-state index contributed by atoms with van der Waals surface area (Å²) in [6, 6.07) is 4.15. The van der Waals surface area contributed by atoms with Gasteiger partial charge in [-0.15, -0.1) is 10.2 Å². The Morgan fingerprint density at radius 3 is 2.04 bits per heavy atom. The lowest BCUT2D eigenvalue weighted by atomic mass is 10.3. The molecule has 0 fully saturated rings. The molecule has 0 N–H and O–H groups in total. The van der Waals surface area contributed by atoms with Gasteiger partial charge >= 0.3 is 6.01 Å². The SMILES string of the molecule is Cn1nc(Br)nc1Br.Cn1nc(Br)nc1Oc1cc(F)cc(Cl)c1. The molecule has 0 saturated carbocycles. The molecule has 7 nitrogen and oxygen atoms in total. The summed E-state index contributed by atoms with van der Waals surface area (Å²) in [6.07, 6.45) is 0. The summed E-state index contributed by atoms with van der Waals surface area (Å²) in [5, 5.41) is 8.07. The van der Waals surface area contributed by atoms with Gasteiger partial charge in [-0.05, 0) is 59.9 Å². The minimum Gasteiger partial charge on any atom is -0.424 e. The highest BCUT2D eigenvalue weighted by atomic mass is 79.9. The zero-order chi connectivity index (χ0) is 17.9. The highest BCUT2D eigenvalue weighted by Gasteiger charge is 2.08. The van der Waals surface area contributed by atoms with E-state index in [1.807, 2.05) is 7.05 Å². The van der Waals surface area contributed by atoms with Crippen LogP contribution >= 0.6 is 59.4 Å². The van der Waals surface area contributed by atoms with Gasteiger partial charge in [0.25, 0.3) is 0 Å². The van der Waals surface area contributed by atoms with Crippen LogP contribution in [0, 0.1) is 5.82 Å². The lowest BCUT2D eigenvalue weighted by Gasteiger charge is -2.04. The van der Waals surface area contributed by atoms with E-state index in [-0.39, 0.29) is 16.8 Å². The largest absolute Gasteiger partial charge is 0.424 e. The number of hydrogen-bond donors (Lipinski definition) is 0. The van der Waals surface area contributed by atoms with E-state index in [9.17, 15) is 4.39 Å². The number of nitrogens with zero attached hydrogens (tertiary/aromatic N) is 6. The molecule has 0 spiro atoms. The molecule has 0 aliphatic heterocycles. The predicted molar refractivity (Wildman–Crippen MR) is 96.6 cm³/mol. The average molecular weight is 547 g/mol. The molecule has 3 aromatic rings. The van der Waals surface area contributed by atoms with Crippen molar-refractivity contribution >= 4 is 59.4 Å². The van der Waals surface area contributed by atoms with Crippen molar-refractivity contribution < 1.29 is 9.13 Å². The molecular formula is C12H9Br3ClFN6O. The Labute approximate surface area is 166 Å². The second-order valence-corrected chi connectivity index (χ2v) is 6.83. The van der Waals surface area contributed by atoms with Crippen molar-refractivity contribution in [3.63, 3.8) is 0 Å². The third-order valence-electron chi connectivity index (χ3n) is 2.43. The summed E-state index contributed by atoms with van der Waals surface area (Å²) < 4.78 is 23.1. The number of hydrogen-bond acceptors (Lipinski definition) is 5. The van der Waals surface area contributed by atoms with Gasteiger partial charge in [-0.25, -0.2) is 13.8 Å². The van der Waals surface area contributed by atoms with E-state index in [0.717, 1.165) is 4.73 Å². The third kappa shape index (κ3) is 5.50. The summed E-state index contributed by atoms with van der Waals surface area (Å²) in [5.74, 6) is -0.197. The Morgan fingerprint density at radius 1 is 1.00 bits per heavy atom. The smallest absolute Gasteiger partial charge is 0.321 e. The van der Waals surface area contributed by atoms with Crippen LogP contribution < -0.4 is 4.74 Å². The highest BCUT2D eigenvalue weighted by molar-refractivity contribution is 9.11. The van der Waals surface area contributed by atoms with Gasteiger partial charge in [0, 0.05) is 25.2 Å². The Kier molecular flexibility index (Phi) is 6.72. The van der Waals surface area contributed by atoms with Crippen molar-refractivity contribution in [2.75, 3.05) is 0 Å². The van der Waals surface area contributed by atoms with Gasteiger partial charge in [0.05, 0.1) is 0 Å². The highest BCUT2D eigenvalue weighted by Crippen LogP contribution is 2.24. The van der Waals surface area contributed by atoms with Crippen molar-refractivity contribution in [2.45, 2.75) is 0 Å². The van der Waals surface area contributed by atoms with Crippen LogP contribution in [0.4, 0.5) is 4.39 Å². The second kappa shape index (κ2) is 8.37. The fourth-order valence-corrected chi connectivity index (χ4v) is 2.95. The number of benzene rings is 1. The van der Waals surface area contributed by atoms with Crippen LogP contribution in [-0.4, -0.2) is 29.5 Å². The molecule has 24 heavy (non-hydrogen) atoms. The molecule has 0 aliphatic carbocycles. The first-order valence-electron chi connectivity index (χ1n) is 6.17. The first-order chi connectivity index (χ1) is 11.2. The van der Waals surface area contributed by atoms with Crippen LogP contribution in [0.1, 0.15) is 0 Å². The van der Waals surface area contributed by atoms with Gasteiger partial charge in [0.15, 0.2) is 4.73 Å².